The van der Waals surface area contributed by atoms with Crippen molar-refractivity contribution in [3.05, 3.63) is 23.8 Å². The molecule has 1 saturated carbocycles. The number of carbonyl (C=O) groups is 1. The van der Waals surface area contributed by atoms with Crippen LogP contribution in [-0.2, 0) is 14.8 Å². The van der Waals surface area contributed by atoms with E-state index in [9.17, 15) is 13.2 Å². The first-order valence-corrected chi connectivity index (χ1v) is 8.90. The molecule has 2 atom stereocenters. The van der Waals surface area contributed by atoms with E-state index < -0.39 is 16.0 Å². The first kappa shape index (κ1) is 17.7. The van der Waals surface area contributed by atoms with Gasteiger partial charge in [-0.3, -0.25) is 0 Å². The molecule has 8 heteroatoms. The molecule has 0 aliphatic heterocycles. The van der Waals surface area contributed by atoms with Crippen LogP contribution in [0, 0.1) is 5.92 Å². The third-order valence-electron chi connectivity index (χ3n) is 4.15. The number of carbonyl (C=O) groups excluding carboxylic acids is 1. The second kappa shape index (κ2) is 7.29. The average molecular weight is 342 g/mol. The highest BCUT2D eigenvalue weighted by Crippen LogP contribution is 2.28. The van der Waals surface area contributed by atoms with Crippen LogP contribution >= 0.6 is 0 Å². The Bertz CT molecular complexity index is 674. The molecule has 0 radical (unpaired) electrons. The number of hydrogen-bond acceptors (Lipinski definition) is 6. The van der Waals surface area contributed by atoms with Crippen LogP contribution in [0.25, 0.3) is 0 Å². The molecule has 1 aromatic rings. The Morgan fingerprint density at radius 2 is 2.09 bits per heavy atom. The van der Waals surface area contributed by atoms with Gasteiger partial charge in [-0.2, -0.15) is 0 Å². The van der Waals surface area contributed by atoms with Gasteiger partial charge in [0.1, 0.15) is 11.3 Å². The van der Waals surface area contributed by atoms with Gasteiger partial charge < -0.3 is 15.2 Å². The van der Waals surface area contributed by atoms with Crippen molar-refractivity contribution in [3.8, 4) is 5.75 Å². The SMILES string of the molecule is COC(=O)c1cc(S(=O)(=O)NC2CCCC2CN)ccc1OC. The minimum atomic E-state index is -3.74. The van der Waals surface area contributed by atoms with Crippen LogP contribution in [0.3, 0.4) is 0 Å². The van der Waals surface area contributed by atoms with Crippen LogP contribution in [0.15, 0.2) is 23.1 Å². The zero-order valence-corrected chi connectivity index (χ0v) is 14.1. The van der Waals surface area contributed by atoms with Crippen molar-refractivity contribution in [3.63, 3.8) is 0 Å². The van der Waals surface area contributed by atoms with E-state index in [0.29, 0.717) is 6.54 Å². The Hall–Kier alpha value is -1.64. The molecule has 128 valence electrons. The predicted octanol–water partition coefficient (Wildman–Crippen LogP) is 0.888. The molecule has 0 aromatic heterocycles. The summed E-state index contributed by atoms with van der Waals surface area (Å²) in [5, 5.41) is 0. The maximum atomic E-state index is 12.6. The number of sulfonamides is 1. The first-order valence-electron chi connectivity index (χ1n) is 7.41. The molecule has 0 spiro atoms. The maximum absolute atomic E-state index is 12.6. The standard InChI is InChI=1S/C15H22N2O5S/c1-21-14-7-6-11(8-12(14)15(18)22-2)23(19,20)17-13-5-3-4-10(13)9-16/h6-8,10,13,17H,3-5,9,16H2,1-2H3. The zero-order valence-electron chi connectivity index (χ0n) is 13.2. The molecule has 1 aliphatic rings. The van der Waals surface area contributed by atoms with Gasteiger partial charge in [0.15, 0.2) is 0 Å². The second-order valence-corrected chi connectivity index (χ2v) is 7.22. The lowest BCUT2D eigenvalue weighted by atomic mass is 10.1. The Balaban J connectivity index is 2.31. The number of benzene rings is 1. The lowest BCUT2D eigenvalue weighted by Crippen LogP contribution is -2.39. The van der Waals surface area contributed by atoms with Crippen LogP contribution in [0.4, 0.5) is 0 Å². The number of ether oxygens (including phenoxy) is 2. The van der Waals surface area contributed by atoms with Crippen molar-refractivity contribution in [1.82, 2.24) is 4.72 Å². The zero-order chi connectivity index (χ0) is 17.0. The van der Waals surface area contributed by atoms with Gasteiger partial charge in [0.2, 0.25) is 10.0 Å². The van der Waals surface area contributed by atoms with Crippen molar-refractivity contribution in [1.29, 1.82) is 0 Å². The fourth-order valence-electron chi connectivity index (χ4n) is 2.87. The summed E-state index contributed by atoms with van der Waals surface area (Å²) in [5.74, 6) is -0.251. The highest BCUT2D eigenvalue weighted by atomic mass is 32.2. The second-order valence-electron chi connectivity index (χ2n) is 5.51. The Morgan fingerprint density at radius 1 is 1.35 bits per heavy atom. The van der Waals surface area contributed by atoms with Gasteiger partial charge >= 0.3 is 5.97 Å². The summed E-state index contributed by atoms with van der Waals surface area (Å²) in [7, 11) is -1.12. The van der Waals surface area contributed by atoms with Crippen LogP contribution in [-0.4, -0.2) is 41.2 Å². The molecule has 0 saturated heterocycles. The van der Waals surface area contributed by atoms with E-state index in [-0.39, 0.29) is 28.2 Å². The van der Waals surface area contributed by atoms with Crippen molar-refractivity contribution in [2.45, 2.75) is 30.2 Å². The molecule has 2 rings (SSSR count). The van der Waals surface area contributed by atoms with Gasteiger partial charge in [-0.05, 0) is 43.5 Å². The summed E-state index contributed by atoms with van der Waals surface area (Å²) in [5.41, 5.74) is 5.76. The highest BCUT2D eigenvalue weighted by molar-refractivity contribution is 7.89. The summed E-state index contributed by atoms with van der Waals surface area (Å²) in [6, 6.07) is 3.93. The predicted molar refractivity (Wildman–Crippen MR) is 84.8 cm³/mol. The number of hydrogen-bond donors (Lipinski definition) is 2. The third kappa shape index (κ3) is 3.82. The maximum Gasteiger partial charge on any atom is 0.341 e. The number of rotatable bonds is 6. The summed E-state index contributed by atoms with van der Waals surface area (Å²) in [4.78, 5) is 11.8. The summed E-state index contributed by atoms with van der Waals surface area (Å²) >= 11 is 0. The summed E-state index contributed by atoms with van der Waals surface area (Å²) in [6.07, 6.45) is 2.63. The fourth-order valence-corrected chi connectivity index (χ4v) is 4.23. The van der Waals surface area contributed by atoms with E-state index in [2.05, 4.69) is 9.46 Å². The van der Waals surface area contributed by atoms with Gasteiger partial charge in [-0.15, -0.1) is 0 Å². The first-order chi connectivity index (χ1) is 10.9. The molecule has 1 aromatic carbocycles. The van der Waals surface area contributed by atoms with Crippen LogP contribution in [0.1, 0.15) is 29.6 Å². The Kier molecular flexibility index (Phi) is 5.61. The van der Waals surface area contributed by atoms with Crippen molar-refractivity contribution in [2.75, 3.05) is 20.8 Å². The van der Waals surface area contributed by atoms with E-state index in [1.165, 1.54) is 32.4 Å². The molecule has 3 N–H and O–H groups in total. The normalized spacial score (nSPS) is 21.2. The molecular weight excluding hydrogens is 320 g/mol. The van der Waals surface area contributed by atoms with Gasteiger partial charge in [-0.25, -0.2) is 17.9 Å². The average Bonchev–Trinajstić information content (AvgIpc) is 2.99. The lowest BCUT2D eigenvalue weighted by Gasteiger charge is -2.19. The van der Waals surface area contributed by atoms with Crippen molar-refractivity contribution >= 4 is 16.0 Å². The molecule has 1 fully saturated rings. The Morgan fingerprint density at radius 3 is 2.70 bits per heavy atom. The topological polar surface area (TPSA) is 108 Å². The van der Waals surface area contributed by atoms with E-state index in [1.54, 1.807) is 0 Å². The van der Waals surface area contributed by atoms with Crippen LogP contribution in [0.2, 0.25) is 0 Å². The molecule has 0 bridgehead atoms. The van der Waals surface area contributed by atoms with E-state index in [0.717, 1.165) is 19.3 Å². The quantitative estimate of drug-likeness (QED) is 0.743. The largest absolute Gasteiger partial charge is 0.496 e. The van der Waals surface area contributed by atoms with Gasteiger partial charge in [0, 0.05) is 6.04 Å². The number of nitrogens with two attached hydrogens (primary N) is 1. The lowest BCUT2D eigenvalue weighted by molar-refractivity contribution is 0.0597. The van der Waals surface area contributed by atoms with Crippen LogP contribution < -0.4 is 15.2 Å². The molecule has 1 aliphatic carbocycles. The van der Waals surface area contributed by atoms with Gasteiger partial charge in [0.25, 0.3) is 0 Å². The summed E-state index contributed by atoms with van der Waals surface area (Å²) < 4.78 is 37.6. The minimum Gasteiger partial charge on any atom is -0.496 e. The van der Waals surface area contributed by atoms with Crippen molar-refractivity contribution in [2.24, 2.45) is 11.7 Å². The smallest absolute Gasteiger partial charge is 0.341 e. The molecule has 0 amide bonds. The molecule has 2 unspecified atom stereocenters. The van der Waals surface area contributed by atoms with Gasteiger partial charge in [0.05, 0.1) is 19.1 Å². The van der Waals surface area contributed by atoms with Crippen LogP contribution in [0.5, 0.6) is 5.75 Å². The molecular formula is C15H22N2O5S. The molecule has 23 heavy (non-hydrogen) atoms. The number of esters is 1. The molecule has 0 heterocycles. The van der Waals surface area contributed by atoms with E-state index in [4.69, 9.17) is 10.5 Å². The number of nitrogens with one attached hydrogen (secondary N) is 1. The molecule has 7 nitrogen and oxygen atoms in total. The van der Waals surface area contributed by atoms with E-state index in [1.807, 2.05) is 0 Å². The summed E-state index contributed by atoms with van der Waals surface area (Å²) in [6.45, 7) is 0.448. The monoisotopic (exact) mass is 342 g/mol. The van der Waals surface area contributed by atoms with E-state index >= 15 is 0 Å². The van der Waals surface area contributed by atoms with Gasteiger partial charge in [-0.1, -0.05) is 6.42 Å². The minimum absolute atomic E-state index is 0.00127. The Labute approximate surface area is 136 Å². The third-order valence-corrected chi connectivity index (χ3v) is 5.64. The highest BCUT2D eigenvalue weighted by Gasteiger charge is 2.31. The number of methoxy groups -OCH3 is 2. The van der Waals surface area contributed by atoms with Crippen molar-refractivity contribution < 1.29 is 22.7 Å². The fraction of sp³-hybridized carbons (Fsp3) is 0.533.